The Hall–Kier alpha value is 0.150. The highest BCUT2D eigenvalue weighted by Gasteiger charge is 2.43. The largest absolute Gasteiger partial charge is 0.394 e. The van der Waals surface area contributed by atoms with Crippen LogP contribution in [0, 0.1) is 0 Å². The molecule has 0 bridgehead atoms. The van der Waals surface area contributed by atoms with Crippen LogP contribution < -0.4 is 0 Å². The van der Waals surface area contributed by atoms with Crippen molar-refractivity contribution in [2.45, 2.75) is 94.6 Å². The van der Waals surface area contributed by atoms with Crippen LogP contribution in [0.5, 0.6) is 0 Å². The summed E-state index contributed by atoms with van der Waals surface area (Å²) in [5.41, 5.74) is -0.584. The first-order valence-electron chi connectivity index (χ1n) is 9.04. The van der Waals surface area contributed by atoms with Crippen molar-refractivity contribution < 1.29 is 25.2 Å². The number of rotatable bonds is 12. The number of hydrogen-bond donors (Lipinski definition) is 4. The summed E-state index contributed by atoms with van der Waals surface area (Å²) in [7, 11) is 0. The molecule has 23 heavy (non-hydrogen) atoms. The zero-order chi connectivity index (χ0) is 17.1. The number of thioether (sulfide) groups is 1. The molecule has 138 valence electrons. The van der Waals surface area contributed by atoms with Crippen LogP contribution in [0.1, 0.15) is 64.7 Å². The normalized spacial score (nSPS) is 31.4. The quantitative estimate of drug-likeness (QED) is 0.403. The van der Waals surface area contributed by atoms with Crippen molar-refractivity contribution in [1.82, 2.24) is 0 Å². The molecule has 0 aromatic rings. The number of ether oxygens (including phenoxy) is 1. The molecule has 0 aliphatic carbocycles. The highest BCUT2D eigenvalue weighted by Crippen LogP contribution is 2.29. The van der Waals surface area contributed by atoms with Gasteiger partial charge in [0.25, 0.3) is 0 Å². The molecule has 0 unspecified atom stereocenters. The lowest BCUT2D eigenvalue weighted by molar-refractivity contribution is -0.205. The molecule has 4 N–H and O–H groups in total. The maximum absolute atomic E-state index is 9.93. The van der Waals surface area contributed by atoms with Gasteiger partial charge in [-0.05, 0) is 12.2 Å². The Morgan fingerprint density at radius 3 is 1.91 bits per heavy atom. The van der Waals surface area contributed by atoms with E-state index in [0.29, 0.717) is 0 Å². The van der Waals surface area contributed by atoms with E-state index in [9.17, 15) is 15.3 Å². The minimum absolute atomic E-state index is 0.361. The molecule has 0 amide bonds. The molecule has 1 aliphatic rings. The van der Waals surface area contributed by atoms with E-state index in [4.69, 9.17) is 9.84 Å². The molecule has 0 spiro atoms. The van der Waals surface area contributed by atoms with Crippen molar-refractivity contribution in [2.75, 3.05) is 12.4 Å². The maximum atomic E-state index is 9.93. The van der Waals surface area contributed by atoms with Crippen LogP contribution in [-0.4, -0.2) is 62.6 Å². The van der Waals surface area contributed by atoms with Crippen molar-refractivity contribution in [3.05, 3.63) is 0 Å². The number of aliphatic hydroxyl groups excluding tert-OH is 4. The van der Waals surface area contributed by atoms with Crippen LogP contribution >= 0.6 is 11.8 Å². The van der Waals surface area contributed by atoms with Gasteiger partial charge in [-0.1, -0.05) is 58.3 Å². The van der Waals surface area contributed by atoms with E-state index < -0.39 is 29.9 Å². The zero-order valence-corrected chi connectivity index (χ0v) is 15.1. The highest BCUT2D eigenvalue weighted by molar-refractivity contribution is 7.99. The van der Waals surface area contributed by atoms with E-state index in [1.165, 1.54) is 56.7 Å². The molecular weight excluding hydrogens is 316 g/mol. The molecule has 1 saturated heterocycles. The second-order valence-corrected chi connectivity index (χ2v) is 7.60. The van der Waals surface area contributed by atoms with E-state index in [0.717, 1.165) is 18.6 Å². The Bertz CT molecular complexity index is 290. The summed E-state index contributed by atoms with van der Waals surface area (Å²) in [4.78, 5) is 0. The van der Waals surface area contributed by atoms with Crippen molar-refractivity contribution in [3.63, 3.8) is 0 Å². The summed E-state index contributed by atoms with van der Waals surface area (Å²) >= 11 is 1.45. The lowest BCUT2D eigenvalue weighted by Gasteiger charge is -2.39. The Labute approximate surface area is 144 Å². The zero-order valence-electron chi connectivity index (χ0n) is 14.3. The van der Waals surface area contributed by atoms with Crippen LogP contribution in [0.25, 0.3) is 0 Å². The second-order valence-electron chi connectivity index (χ2n) is 6.40. The van der Waals surface area contributed by atoms with E-state index in [1.807, 2.05) is 0 Å². The van der Waals surface area contributed by atoms with Crippen molar-refractivity contribution in [3.8, 4) is 0 Å². The van der Waals surface area contributed by atoms with Gasteiger partial charge < -0.3 is 25.2 Å². The average molecular weight is 351 g/mol. The molecule has 1 fully saturated rings. The molecule has 0 saturated carbocycles. The fraction of sp³-hybridized carbons (Fsp3) is 1.00. The smallest absolute Gasteiger partial charge is 0.132 e. The van der Waals surface area contributed by atoms with Crippen LogP contribution in [-0.2, 0) is 4.74 Å². The minimum Gasteiger partial charge on any atom is -0.394 e. The Morgan fingerprint density at radius 2 is 1.35 bits per heavy atom. The molecule has 5 atom stereocenters. The first-order valence-corrected chi connectivity index (χ1v) is 10.1. The van der Waals surface area contributed by atoms with Crippen LogP contribution in [0.15, 0.2) is 0 Å². The minimum atomic E-state index is -1.26. The summed E-state index contributed by atoms with van der Waals surface area (Å²) < 4.78 is 5.47. The van der Waals surface area contributed by atoms with Gasteiger partial charge in [-0.15, -0.1) is 11.8 Å². The maximum Gasteiger partial charge on any atom is 0.132 e. The van der Waals surface area contributed by atoms with E-state index >= 15 is 0 Å². The predicted octanol–water partition coefficient (Wildman–Crippen LogP) is 2.05. The highest BCUT2D eigenvalue weighted by atomic mass is 32.2. The van der Waals surface area contributed by atoms with Crippen molar-refractivity contribution in [2.24, 2.45) is 0 Å². The van der Waals surface area contributed by atoms with Crippen molar-refractivity contribution >= 4 is 11.8 Å². The first-order chi connectivity index (χ1) is 11.1. The molecule has 1 heterocycles. The van der Waals surface area contributed by atoms with Crippen LogP contribution in [0.4, 0.5) is 0 Å². The third kappa shape index (κ3) is 7.71. The predicted molar refractivity (Wildman–Crippen MR) is 93.5 cm³/mol. The SMILES string of the molecule is CCCCCCCCCCCS[C@H]1O[C@H](CO)[C@@H](O)[C@H](O)[C@H]1O. The molecule has 5 nitrogen and oxygen atoms in total. The third-order valence-corrected chi connectivity index (χ3v) is 5.62. The summed E-state index contributed by atoms with van der Waals surface area (Å²) in [6.45, 7) is 1.87. The molecule has 1 aliphatic heterocycles. The number of aliphatic hydroxyl groups is 4. The van der Waals surface area contributed by atoms with Gasteiger partial charge in [0, 0.05) is 0 Å². The lowest BCUT2D eigenvalue weighted by Crippen LogP contribution is -2.57. The Morgan fingerprint density at radius 1 is 0.783 bits per heavy atom. The summed E-state index contributed by atoms with van der Waals surface area (Å²) in [5.74, 6) is 0.846. The topological polar surface area (TPSA) is 90.2 Å². The molecule has 0 aromatic heterocycles. The van der Waals surface area contributed by atoms with Gasteiger partial charge in [-0.3, -0.25) is 0 Å². The Kier molecular flexibility index (Phi) is 11.5. The van der Waals surface area contributed by atoms with Crippen LogP contribution in [0.3, 0.4) is 0 Å². The van der Waals surface area contributed by atoms with Crippen LogP contribution in [0.2, 0.25) is 0 Å². The Balaban J connectivity index is 2.06. The van der Waals surface area contributed by atoms with E-state index in [2.05, 4.69) is 6.92 Å². The number of unbranched alkanes of at least 4 members (excludes halogenated alkanes) is 8. The van der Waals surface area contributed by atoms with E-state index in [-0.39, 0.29) is 6.61 Å². The molecule has 6 heteroatoms. The number of hydrogen-bond acceptors (Lipinski definition) is 6. The summed E-state index contributed by atoms with van der Waals surface area (Å²) in [5, 5.41) is 38.5. The molecule has 0 aromatic carbocycles. The lowest BCUT2D eigenvalue weighted by atomic mass is 10.0. The fourth-order valence-electron chi connectivity index (χ4n) is 2.82. The van der Waals surface area contributed by atoms with Gasteiger partial charge in [0.05, 0.1) is 6.61 Å². The summed E-state index contributed by atoms with van der Waals surface area (Å²) in [6.07, 6.45) is 6.94. The molecule has 1 rings (SSSR count). The monoisotopic (exact) mass is 350 g/mol. The molecule has 0 radical (unpaired) electrons. The van der Waals surface area contributed by atoms with E-state index in [1.54, 1.807) is 0 Å². The summed E-state index contributed by atoms with van der Waals surface area (Å²) in [6, 6.07) is 0. The van der Waals surface area contributed by atoms with Gasteiger partial charge in [0.2, 0.25) is 0 Å². The van der Waals surface area contributed by atoms with Gasteiger partial charge >= 0.3 is 0 Å². The van der Waals surface area contributed by atoms with Gasteiger partial charge in [0.1, 0.15) is 29.9 Å². The van der Waals surface area contributed by atoms with Crippen molar-refractivity contribution in [1.29, 1.82) is 0 Å². The second kappa shape index (κ2) is 12.5. The third-order valence-electron chi connectivity index (χ3n) is 4.38. The standard InChI is InChI=1S/C17H34O5S/c1-2-3-4-5-6-7-8-9-10-11-23-17-16(21)15(20)14(19)13(12-18)22-17/h13-21H,2-12H2,1H3/t13-,14-,15+,16-,17-/m1/s1. The van der Waals surface area contributed by atoms with Gasteiger partial charge in [0.15, 0.2) is 0 Å². The average Bonchev–Trinajstić information content (AvgIpc) is 2.56. The fourth-order valence-corrected chi connectivity index (χ4v) is 4.00. The van der Waals surface area contributed by atoms with Gasteiger partial charge in [-0.25, -0.2) is 0 Å². The molecular formula is C17H34O5S. The first kappa shape index (κ1) is 21.2. The van der Waals surface area contributed by atoms with Gasteiger partial charge in [-0.2, -0.15) is 0 Å².